The molecule has 0 bridgehead atoms. The second-order valence-electron chi connectivity index (χ2n) is 9.72. The number of ether oxygens (including phenoxy) is 1. The average Bonchev–Trinajstić information content (AvgIpc) is 3.39. The maximum Gasteiger partial charge on any atom is 0.222 e. The van der Waals surface area contributed by atoms with Gasteiger partial charge >= 0.3 is 0 Å². The molecule has 0 radical (unpaired) electrons. The van der Waals surface area contributed by atoms with E-state index in [1.54, 1.807) is 24.1 Å². The van der Waals surface area contributed by atoms with Gasteiger partial charge in [-0.1, -0.05) is 18.2 Å². The van der Waals surface area contributed by atoms with E-state index in [4.69, 9.17) is 4.74 Å². The fraction of sp³-hybridized carbons (Fsp3) is 0.393. The zero-order valence-electron chi connectivity index (χ0n) is 21.3. The monoisotopic (exact) mass is 492 g/mol. The lowest BCUT2D eigenvalue weighted by Crippen LogP contribution is -2.44. The Morgan fingerprint density at radius 2 is 2.03 bits per heavy atom. The smallest absolute Gasteiger partial charge is 0.222 e. The van der Waals surface area contributed by atoms with Crippen LogP contribution in [0.2, 0.25) is 0 Å². The fourth-order valence-electron chi connectivity index (χ4n) is 4.92. The Balaban J connectivity index is 1.41. The number of hydrogen-bond donors (Lipinski definition) is 1. The number of halogens is 1. The lowest BCUT2D eigenvalue weighted by Gasteiger charge is -2.30. The van der Waals surface area contributed by atoms with Crippen molar-refractivity contribution in [2.24, 2.45) is 0 Å². The summed E-state index contributed by atoms with van der Waals surface area (Å²) in [7, 11) is 3.27. The van der Waals surface area contributed by atoms with E-state index in [9.17, 15) is 14.0 Å². The Labute approximate surface area is 211 Å². The number of rotatable bonds is 9. The van der Waals surface area contributed by atoms with E-state index in [1.165, 1.54) is 13.2 Å². The second kappa shape index (κ2) is 10.5. The molecule has 1 saturated heterocycles. The van der Waals surface area contributed by atoms with Crippen LogP contribution in [-0.4, -0.2) is 46.2 Å². The fourth-order valence-corrected chi connectivity index (χ4v) is 4.92. The number of carbonyl (C=O) groups excluding carboxylic acids is 2. The van der Waals surface area contributed by atoms with Gasteiger partial charge in [0.05, 0.1) is 18.5 Å². The molecule has 1 aliphatic rings. The summed E-state index contributed by atoms with van der Waals surface area (Å²) in [5, 5.41) is 7.57. The summed E-state index contributed by atoms with van der Waals surface area (Å²) in [4.78, 5) is 26.8. The summed E-state index contributed by atoms with van der Waals surface area (Å²) in [6.07, 6.45) is 1.97. The SMILES string of the molecule is COc1ccc(C[C@]2(CCC(=O)N(C)Cc3cccc(-n4nc(C)cc4C)c3)CCC(=O)N2)c(F)c1. The van der Waals surface area contributed by atoms with E-state index < -0.39 is 5.54 Å². The number of nitrogens with one attached hydrogen (secondary N) is 1. The third kappa shape index (κ3) is 5.75. The molecule has 2 amide bonds. The van der Waals surface area contributed by atoms with Gasteiger partial charge in [-0.05, 0) is 68.5 Å². The Kier molecular flexibility index (Phi) is 7.43. The highest BCUT2D eigenvalue weighted by Crippen LogP contribution is 2.31. The largest absolute Gasteiger partial charge is 0.497 e. The summed E-state index contributed by atoms with van der Waals surface area (Å²) < 4.78 is 21.6. The number of hydrogen-bond acceptors (Lipinski definition) is 4. The zero-order chi connectivity index (χ0) is 25.9. The van der Waals surface area contributed by atoms with Crippen molar-refractivity contribution < 1.29 is 18.7 Å². The predicted molar refractivity (Wildman–Crippen MR) is 136 cm³/mol. The summed E-state index contributed by atoms with van der Waals surface area (Å²) in [5.41, 5.74) is 3.81. The van der Waals surface area contributed by atoms with Gasteiger partial charge in [0.2, 0.25) is 11.8 Å². The first-order valence-corrected chi connectivity index (χ1v) is 12.2. The first-order valence-electron chi connectivity index (χ1n) is 12.2. The van der Waals surface area contributed by atoms with Crippen LogP contribution < -0.4 is 10.1 Å². The van der Waals surface area contributed by atoms with Crippen LogP contribution in [0.3, 0.4) is 0 Å². The summed E-state index contributed by atoms with van der Waals surface area (Å²) in [6, 6.07) is 14.8. The van der Waals surface area contributed by atoms with Gasteiger partial charge in [0.15, 0.2) is 0 Å². The van der Waals surface area contributed by atoms with Crippen LogP contribution in [0.4, 0.5) is 4.39 Å². The van der Waals surface area contributed by atoms with E-state index in [0.717, 1.165) is 22.6 Å². The first kappa shape index (κ1) is 25.4. The maximum absolute atomic E-state index is 14.6. The third-order valence-corrected chi connectivity index (χ3v) is 6.85. The van der Waals surface area contributed by atoms with E-state index in [2.05, 4.69) is 10.4 Å². The van der Waals surface area contributed by atoms with Gasteiger partial charge in [0.25, 0.3) is 0 Å². The molecule has 1 aromatic heterocycles. The number of benzene rings is 2. The van der Waals surface area contributed by atoms with Gasteiger partial charge < -0.3 is 15.0 Å². The van der Waals surface area contributed by atoms with Crippen LogP contribution in [0.1, 0.15) is 48.2 Å². The Morgan fingerprint density at radius 1 is 1.22 bits per heavy atom. The molecule has 7 nitrogen and oxygen atoms in total. The van der Waals surface area contributed by atoms with Crippen LogP contribution in [0, 0.1) is 19.7 Å². The second-order valence-corrected chi connectivity index (χ2v) is 9.72. The molecule has 1 atom stereocenters. The highest BCUT2D eigenvalue weighted by Gasteiger charge is 2.38. The van der Waals surface area contributed by atoms with E-state index in [0.29, 0.717) is 43.5 Å². The average molecular weight is 493 g/mol. The molecule has 0 unspecified atom stereocenters. The predicted octanol–water partition coefficient (Wildman–Crippen LogP) is 4.27. The van der Waals surface area contributed by atoms with Crippen molar-refractivity contribution in [3.8, 4) is 11.4 Å². The number of aromatic nitrogens is 2. The van der Waals surface area contributed by atoms with Gasteiger partial charge in [-0.3, -0.25) is 9.59 Å². The van der Waals surface area contributed by atoms with Crippen LogP contribution in [0.15, 0.2) is 48.5 Å². The molecule has 0 aliphatic carbocycles. The van der Waals surface area contributed by atoms with Crippen LogP contribution in [0.5, 0.6) is 5.75 Å². The molecule has 0 saturated carbocycles. The third-order valence-electron chi connectivity index (χ3n) is 6.85. The van der Waals surface area contributed by atoms with Gasteiger partial charge in [0, 0.05) is 43.7 Å². The van der Waals surface area contributed by atoms with Crippen molar-refractivity contribution in [1.82, 2.24) is 20.0 Å². The first-order chi connectivity index (χ1) is 17.2. The van der Waals surface area contributed by atoms with E-state index in [-0.39, 0.29) is 24.1 Å². The molecule has 36 heavy (non-hydrogen) atoms. The summed E-state index contributed by atoms with van der Waals surface area (Å²) in [5.74, 6) is -0.0202. The van der Waals surface area contributed by atoms with Crippen molar-refractivity contribution >= 4 is 11.8 Å². The Morgan fingerprint density at radius 3 is 2.67 bits per heavy atom. The molecule has 1 aliphatic heterocycles. The van der Waals surface area contributed by atoms with Crippen LogP contribution in [-0.2, 0) is 22.6 Å². The van der Waals surface area contributed by atoms with E-state index in [1.807, 2.05) is 48.9 Å². The molecule has 190 valence electrons. The lowest BCUT2D eigenvalue weighted by atomic mass is 9.84. The standard InChI is InChI=1S/C28H33FN4O3/c1-19-14-20(2)33(31-19)23-7-5-6-21(15-23)18-32(3)27(35)11-13-28(12-10-26(34)30-28)17-22-8-9-24(36-4)16-25(22)29/h5-9,14-16H,10-13,17-18H2,1-4H3,(H,30,34)/t28-/m1/s1. The molecule has 2 aromatic carbocycles. The van der Waals surface area contributed by atoms with E-state index >= 15 is 0 Å². The minimum absolute atomic E-state index is 0.0257. The van der Waals surface area contributed by atoms with Crippen molar-refractivity contribution in [1.29, 1.82) is 0 Å². The van der Waals surface area contributed by atoms with Crippen LogP contribution >= 0.6 is 0 Å². The number of nitrogens with zero attached hydrogens (tertiary/aromatic N) is 3. The molecule has 2 heterocycles. The molecule has 1 fully saturated rings. The molecule has 1 N–H and O–H groups in total. The van der Waals surface area contributed by atoms with Crippen molar-refractivity contribution in [2.45, 2.75) is 58.0 Å². The molecular formula is C28H33FN4O3. The van der Waals surface area contributed by atoms with Crippen LogP contribution in [0.25, 0.3) is 5.69 Å². The molecule has 8 heteroatoms. The normalized spacial score (nSPS) is 17.2. The molecule has 4 rings (SSSR count). The topological polar surface area (TPSA) is 76.5 Å². The van der Waals surface area contributed by atoms with Crippen molar-refractivity contribution in [2.75, 3.05) is 14.2 Å². The highest BCUT2D eigenvalue weighted by atomic mass is 19.1. The lowest BCUT2D eigenvalue weighted by molar-refractivity contribution is -0.131. The van der Waals surface area contributed by atoms with Crippen molar-refractivity contribution in [3.05, 3.63) is 76.9 Å². The summed E-state index contributed by atoms with van der Waals surface area (Å²) in [6.45, 7) is 4.43. The number of aryl methyl sites for hydroxylation is 2. The molecular weight excluding hydrogens is 459 g/mol. The minimum Gasteiger partial charge on any atom is -0.497 e. The van der Waals surface area contributed by atoms with Gasteiger partial charge in [-0.25, -0.2) is 9.07 Å². The summed E-state index contributed by atoms with van der Waals surface area (Å²) >= 11 is 0. The van der Waals surface area contributed by atoms with Gasteiger partial charge in [0.1, 0.15) is 11.6 Å². The molecule has 3 aromatic rings. The highest BCUT2D eigenvalue weighted by molar-refractivity contribution is 5.80. The Bertz CT molecular complexity index is 1270. The Hall–Kier alpha value is -3.68. The number of amides is 2. The quantitative estimate of drug-likeness (QED) is 0.484. The van der Waals surface area contributed by atoms with Gasteiger partial charge in [-0.2, -0.15) is 5.10 Å². The number of carbonyl (C=O) groups is 2. The van der Waals surface area contributed by atoms with Gasteiger partial charge in [-0.15, -0.1) is 0 Å². The zero-order valence-corrected chi connectivity index (χ0v) is 21.3. The maximum atomic E-state index is 14.6. The molecule has 0 spiro atoms. The minimum atomic E-state index is -0.640. The number of methoxy groups -OCH3 is 1. The van der Waals surface area contributed by atoms with Crippen molar-refractivity contribution in [3.63, 3.8) is 0 Å².